The molecule has 8 heteroatoms. The van der Waals surface area contributed by atoms with E-state index < -0.39 is 11.9 Å². The molecule has 128 valence electrons. The lowest BCUT2D eigenvalue weighted by Crippen LogP contribution is -2.21. The molecule has 0 spiro atoms. The Morgan fingerprint density at radius 2 is 1.96 bits per heavy atom. The van der Waals surface area contributed by atoms with Gasteiger partial charge in [0.25, 0.3) is 0 Å². The Hall–Kier alpha value is -1.86. The fraction of sp³-hybridized carbons (Fsp3) is 0.375. The average Bonchev–Trinajstić information content (AvgIpc) is 3.06. The van der Waals surface area contributed by atoms with Gasteiger partial charge in [-0.05, 0) is 31.0 Å². The highest BCUT2D eigenvalue weighted by Gasteiger charge is 2.34. The summed E-state index contributed by atoms with van der Waals surface area (Å²) in [6.45, 7) is 1.05. The predicted octanol–water partition coefficient (Wildman–Crippen LogP) is 4.41. The van der Waals surface area contributed by atoms with Gasteiger partial charge in [-0.1, -0.05) is 23.7 Å². The predicted molar refractivity (Wildman–Crippen MR) is 84.9 cm³/mol. The van der Waals surface area contributed by atoms with Crippen molar-refractivity contribution in [3.05, 3.63) is 41.0 Å². The highest BCUT2D eigenvalue weighted by atomic mass is 35.5. The smallest absolute Gasteiger partial charge is 0.376 e. The summed E-state index contributed by atoms with van der Waals surface area (Å²) in [5.41, 5.74) is -0.270. The van der Waals surface area contributed by atoms with Crippen molar-refractivity contribution in [1.29, 1.82) is 0 Å². The van der Waals surface area contributed by atoms with E-state index in [-0.39, 0.29) is 17.7 Å². The Morgan fingerprint density at radius 1 is 1.21 bits per heavy atom. The number of nitrogens with zero attached hydrogens (tertiary/aromatic N) is 2. The molecule has 0 unspecified atom stereocenters. The van der Waals surface area contributed by atoms with Gasteiger partial charge in [-0.15, -0.1) is 0 Å². The third-order valence-electron chi connectivity index (χ3n) is 3.67. The number of aromatic nitrogens is 2. The lowest BCUT2D eigenvalue weighted by molar-refractivity contribution is -0.141. The van der Waals surface area contributed by atoms with Crippen molar-refractivity contribution in [2.75, 3.05) is 18.5 Å². The summed E-state index contributed by atoms with van der Waals surface area (Å²) in [5, 5.41) is 3.35. The number of ether oxygens (including phenoxy) is 1. The lowest BCUT2D eigenvalue weighted by Gasteiger charge is -2.14. The number of hydrogen-bond acceptors (Lipinski definition) is 4. The van der Waals surface area contributed by atoms with Crippen LogP contribution in [0.15, 0.2) is 30.3 Å². The van der Waals surface area contributed by atoms with Crippen LogP contribution in [0.1, 0.15) is 18.5 Å². The Bertz CT molecular complexity index is 701. The summed E-state index contributed by atoms with van der Waals surface area (Å²) in [5.74, 6) is -0.0646. The molecule has 2 aromatic rings. The van der Waals surface area contributed by atoms with Crippen LogP contribution in [0.4, 0.5) is 19.1 Å². The fourth-order valence-corrected chi connectivity index (χ4v) is 2.58. The monoisotopic (exact) mass is 357 g/mol. The van der Waals surface area contributed by atoms with Gasteiger partial charge in [-0.2, -0.15) is 13.2 Å². The number of alkyl halides is 3. The zero-order valence-electron chi connectivity index (χ0n) is 12.6. The van der Waals surface area contributed by atoms with Crippen molar-refractivity contribution in [3.8, 4) is 11.3 Å². The van der Waals surface area contributed by atoms with Crippen LogP contribution >= 0.6 is 11.6 Å². The van der Waals surface area contributed by atoms with E-state index in [1.807, 2.05) is 0 Å². The average molecular weight is 358 g/mol. The molecule has 0 saturated carbocycles. The van der Waals surface area contributed by atoms with Crippen molar-refractivity contribution in [2.45, 2.75) is 25.1 Å². The van der Waals surface area contributed by atoms with Crippen LogP contribution in [-0.2, 0) is 10.9 Å². The number of rotatable bonds is 4. The summed E-state index contributed by atoms with van der Waals surface area (Å²) in [7, 11) is 0. The first kappa shape index (κ1) is 17.0. The van der Waals surface area contributed by atoms with Gasteiger partial charge in [0, 0.05) is 23.7 Å². The molecule has 0 aliphatic carbocycles. The van der Waals surface area contributed by atoms with Crippen LogP contribution in [0.25, 0.3) is 11.3 Å². The molecule has 1 aromatic heterocycles. The maximum Gasteiger partial charge on any atom is 0.433 e. The molecule has 24 heavy (non-hydrogen) atoms. The fourth-order valence-electron chi connectivity index (χ4n) is 2.45. The van der Waals surface area contributed by atoms with Crippen LogP contribution in [0.3, 0.4) is 0 Å². The lowest BCUT2D eigenvalue weighted by atomic mass is 10.1. The molecule has 1 aliphatic heterocycles. The molecule has 3 rings (SSSR count). The van der Waals surface area contributed by atoms with Gasteiger partial charge >= 0.3 is 6.18 Å². The molecule has 1 saturated heterocycles. The first-order valence-electron chi connectivity index (χ1n) is 7.49. The summed E-state index contributed by atoms with van der Waals surface area (Å²) in [6.07, 6.45) is -2.76. The van der Waals surface area contributed by atoms with Gasteiger partial charge in [0.2, 0.25) is 5.95 Å². The number of anilines is 1. The minimum atomic E-state index is -4.55. The third-order valence-corrected chi connectivity index (χ3v) is 3.92. The summed E-state index contributed by atoms with van der Waals surface area (Å²) >= 11 is 5.82. The molecule has 1 aromatic carbocycles. The molecular formula is C16H15ClF3N3O. The van der Waals surface area contributed by atoms with Crippen molar-refractivity contribution in [2.24, 2.45) is 0 Å². The van der Waals surface area contributed by atoms with Crippen LogP contribution in [0.5, 0.6) is 0 Å². The summed E-state index contributed by atoms with van der Waals surface area (Å²) in [4.78, 5) is 7.77. The van der Waals surface area contributed by atoms with E-state index in [2.05, 4.69) is 15.3 Å². The van der Waals surface area contributed by atoms with Gasteiger partial charge in [0.05, 0.1) is 11.8 Å². The quantitative estimate of drug-likeness (QED) is 0.880. The SMILES string of the molecule is FC(F)(F)c1cc(-c2ccc(Cl)cc2)nc(NC[C@H]2CCCO2)n1. The highest BCUT2D eigenvalue weighted by molar-refractivity contribution is 6.30. The molecule has 0 bridgehead atoms. The molecule has 2 heterocycles. The second kappa shape index (κ2) is 6.94. The molecule has 1 fully saturated rings. The van der Waals surface area contributed by atoms with Crippen molar-refractivity contribution < 1.29 is 17.9 Å². The minimum absolute atomic E-state index is 0.0258. The van der Waals surface area contributed by atoms with Crippen molar-refractivity contribution in [3.63, 3.8) is 0 Å². The molecule has 1 atom stereocenters. The summed E-state index contributed by atoms with van der Waals surface area (Å²) in [6, 6.07) is 7.38. The first-order chi connectivity index (χ1) is 11.4. The van der Waals surface area contributed by atoms with Gasteiger partial charge in [0.1, 0.15) is 0 Å². The molecule has 0 radical (unpaired) electrons. The first-order valence-corrected chi connectivity index (χ1v) is 7.87. The van der Waals surface area contributed by atoms with Crippen LogP contribution in [-0.4, -0.2) is 29.2 Å². The normalized spacial score (nSPS) is 17.9. The molecule has 0 amide bonds. The third kappa shape index (κ3) is 4.15. The minimum Gasteiger partial charge on any atom is -0.376 e. The Morgan fingerprint density at radius 3 is 2.58 bits per heavy atom. The Kier molecular flexibility index (Phi) is 4.91. The number of benzene rings is 1. The van der Waals surface area contributed by atoms with E-state index in [1.54, 1.807) is 24.3 Å². The van der Waals surface area contributed by atoms with E-state index in [1.165, 1.54) is 0 Å². The number of nitrogens with one attached hydrogen (secondary N) is 1. The van der Waals surface area contributed by atoms with Crippen molar-refractivity contribution in [1.82, 2.24) is 9.97 Å². The Balaban J connectivity index is 1.89. The zero-order chi connectivity index (χ0) is 17.2. The molecule has 1 N–H and O–H groups in total. The van der Waals surface area contributed by atoms with E-state index in [0.29, 0.717) is 23.7 Å². The summed E-state index contributed by atoms with van der Waals surface area (Å²) < 4.78 is 44.8. The van der Waals surface area contributed by atoms with Crippen LogP contribution in [0.2, 0.25) is 5.02 Å². The van der Waals surface area contributed by atoms with E-state index >= 15 is 0 Å². The van der Waals surface area contributed by atoms with Gasteiger partial charge in [-0.25, -0.2) is 9.97 Å². The molecule has 4 nitrogen and oxygen atoms in total. The molecular weight excluding hydrogens is 343 g/mol. The zero-order valence-corrected chi connectivity index (χ0v) is 13.4. The van der Waals surface area contributed by atoms with E-state index in [9.17, 15) is 13.2 Å². The number of hydrogen-bond donors (Lipinski definition) is 1. The largest absolute Gasteiger partial charge is 0.433 e. The van der Waals surface area contributed by atoms with Gasteiger partial charge in [0.15, 0.2) is 5.69 Å². The van der Waals surface area contributed by atoms with E-state index in [0.717, 1.165) is 18.9 Å². The maximum atomic E-state index is 13.1. The molecule has 1 aliphatic rings. The van der Waals surface area contributed by atoms with Crippen LogP contribution in [0, 0.1) is 0 Å². The van der Waals surface area contributed by atoms with Gasteiger partial charge < -0.3 is 10.1 Å². The van der Waals surface area contributed by atoms with Crippen LogP contribution < -0.4 is 5.32 Å². The van der Waals surface area contributed by atoms with Gasteiger partial charge in [-0.3, -0.25) is 0 Å². The second-order valence-corrected chi connectivity index (χ2v) is 5.92. The van der Waals surface area contributed by atoms with E-state index in [4.69, 9.17) is 16.3 Å². The van der Waals surface area contributed by atoms with Crippen molar-refractivity contribution >= 4 is 17.5 Å². The highest BCUT2D eigenvalue weighted by Crippen LogP contribution is 2.31. The Labute approximate surface area is 142 Å². The number of halogens is 4. The maximum absolute atomic E-state index is 13.1. The standard InChI is InChI=1S/C16H15ClF3N3O/c17-11-5-3-10(4-6-11)13-8-14(16(18,19)20)23-15(22-13)21-9-12-2-1-7-24-12/h3-6,8,12H,1-2,7,9H2,(H,21,22,23)/t12-/m1/s1. The topological polar surface area (TPSA) is 47.0 Å². The second-order valence-electron chi connectivity index (χ2n) is 5.48.